The molecular weight excluding hydrogens is 430 g/mol. The van der Waals surface area contributed by atoms with Gasteiger partial charge in [0, 0.05) is 12.0 Å². The molecule has 182 valence electrons. The summed E-state index contributed by atoms with van der Waals surface area (Å²) in [6.07, 6.45) is 4.71. The van der Waals surface area contributed by atoms with Crippen LogP contribution in [0.25, 0.3) is 0 Å². The fourth-order valence-corrected chi connectivity index (χ4v) is 5.97. The van der Waals surface area contributed by atoms with Crippen LogP contribution in [0.15, 0.2) is 66.3 Å². The number of aliphatic hydroxyl groups is 2. The Balaban J connectivity index is 1.79. The van der Waals surface area contributed by atoms with Crippen LogP contribution in [0, 0.1) is 23.7 Å². The minimum absolute atomic E-state index is 0.0530. The van der Waals surface area contributed by atoms with Crippen molar-refractivity contribution < 1.29 is 24.5 Å². The molecule has 2 heterocycles. The second-order valence-corrected chi connectivity index (χ2v) is 10.1. The number of hydrogen-bond acceptors (Lipinski definition) is 5. The van der Waals surface area contributed by atoms with Gasteiger partial charge in [-0.3, -0.25) is 9.59 Å². The first kappa shape index (κ1) is 24.4. The van der Waals surface area contributed by atoms with Crippen molar-refractivity contribution in [3.8, 4) is 0 Å². The van der Waals surface area contributed by atoms with Gasteiger partial charge in [-0.05, 0) is 48.3 Å². The number of aliphatic hydroxyl groups excluding tert-OH is 2. The standard InChI is InChI=1S/C28H35NO5/c1-16-9-8-12-21-26(32)19(4)18(3)24-22(15-20-10-6-5-7-11-20)29-27(33)28(21,24)34-23(30)14-13-17(2)25(16)31/h5-8,10-13,16,18,21-22,24-26,31-32H,4,9,14-15H2,1-3H3,(H,29,33)/b12-8+,17-13+/t16-,18+,21-,22?,24-,25-,26+,28+/m0/s1. The molecule has 2 fully saturated rings. The SMILES string of the molecule is C=C1[C@@H](C)[C@H]2C(Cc3ccccc3)NC(=O)[C@]23OC(=O)C/C=C(\C)[C@@H](O)[C@@H](C)C/C=C/[C@H]3[C@@H]1O. The molecule has 4 rings (SSSR count). The third kappa shape index (κ3) is 4.14. The third-order valence-electron chi connectivity index (χ3n) is 7.97. The zero-order valence-corrected chi connectivity index (χ0v) is 20.1. The first-order chi connectivity index (χ1) is 16.2. The quantitative estimate of drug-likeness (QED) is 0.461. The van der Waals surface area contributed by atoms with Gasteiger partial charge in [-0.1, -0.05) is 69.0 Å². The van der Waals surface area contributed by atoms with Crippen molar-refractivity contribution in [3.63, 3.8) is 0 Å². The van der Waals surface area contributed by atoms with Crippen molar-refractivity contribution >= 4 is 11.9 Å². The van der Waals surface area contributed by atoms with Crippen molar-refractivity contribution in [1.82, 2.24) is 5.32 Å². The Labute approximate surface area is 201 Å². The van der Waals surface area contributed by atoms with Crippen molar-refractivity contribution in [2.75, 3.05) is 0 Å². The normalized spacial score (nSPS) is 41.0. The van der Waals surface area contributed by atoms with E-state index in [0.717, 1.165) is 5.56 Å². The van der Waals surface area contributed by atoms with Crippen LogP contribution in [-0.2, 0) is 20.7 Å². The molecule has 1 amide bonds. The first-order valence-corrected chi connectivity index (χ1v) is 12.1. The summed E-state index contributed by atoms with van der Waals surface area (Å²) in [5.41, 5.74) is 0.876. The lowest BCUT2D eigenvalue weighted by Crippen LogP contribution is -2.61. The predicted octanol–water partition coefficient (Wildman–Crippen LogP) is 3.10. The summed E-state index contributed by atoms with van der Waals surface area (Å²) in [6, 6.07) is 9.62. The van der Waals surface area contributed by atoms with Crippen LogP contribution in [-0.4, -0.2) is 45.9 Å². The fraction of sp³-hybridized carbons (Fsp3) is 0.500. The van der Waals surface area contributed by atoms with Crippen LogP contribution in [0.2, 0.25) is 0 Å². The van der Waals surface area contributed by atoms with Crippen LogP contribution in [0.1, 0.15) is 39.2 Å². The van der Waals surface area contributed by atoms with Gasteiger partial charge < -0.3 is 20.3 Å². The predicted molar refractivity (Wildman–Crippen MR) is 129 cm³/mol. The molecule has 1 aromatic rings. The molecule has 0 aromatic heterocycles. The summed E-state index contributed by atoms with van der Waals surface area (Å²) in [5.74, 6) is -2.39. The smallest absolute Gasteiger partial charge is 0.310 e. The van der Waals surface area contributed by atoms with Crippen molar-refractivity contribution in [2.45, 2.75) is 63.9 Å². The molecule has 0 bridgehead atoms. The second kappa shape index (κ2) is 9.51. The van der Waals surface area contributed by atoms with Gasteiger partial charge in [-0.25, -0.2) is 0 Å². The first-order valence-electron chi connectivity index (χ1n) is 12.1. The Morgan fingerprint density at radius 2 is 1.85 bits per heavy atom. The van der Waals surface area contributed by atoms with Gasteiger partial charge in [0.15, 0.2) is 0 Å². The number of hydrogen-bond donors (Lipinski definition) is 3. The molecule has 1 aromatic carbocycles. The molecule has 0 radical (unpaired) electrons. The van der Waals surface area contributed by atoms with Gasteiger partial charge in [-0.15, -0.1) is 0 Å². The Morgan fingerprint density at radius 1 is 1.15 bits per heavy atom. The summed E-state index contributed by atoms with van der Waals surface area (Å²) in [7, 11) is 0. The summed E-state index contributed by atoms with van der Waals surface area (Å²) in [4.78, 5) is 26.8. The third-order valence-corrected chi connectivity index (χ3v) is 7.97. The van der Waals surface area contributed by atoms with Gasteiger partial charge in [0.05, 0.1) is 24.5 Å². The molecule has 2 aliphatic heterocycles. The molecule has 1 saturated heterocycles. The molecule has 1 unspecified atom stereocenters. The Hall–Kier alpha value is -2.70. The number of rotatable bonds is 2. The maximum atomic E-state index is 13.7. The Kier molecular flexibility index (Phi) is 6.83. The maximum Gasteiger partial charge on any atom is 0.310 e. The van der Waals surface area contributed by atoms with E-state index in [2.05, 4.69) is 11.9 Å². The molecular formula is C28H35NO5. The van der Waals surface area contributed by atoms with Crippen LogP contribution in [0.5, 0.6) is 0 Å². The number of carbonyl (C=O) groups excluding carboxylic acids is 2. The van der Waals surface area contributed by atoms with Crippen LogP contribution < -0.4 is 5.32 Å². The van der Waals surface area contributed by atoms with Crippen LogP contribution in [0.3, 0.4) is 0 Å². The highest BCUT2D eigenvalue weighted by molar-refractivity contribution is 5.92. The summed E-state index contributed by atoms with van der Waals surface area (Å²) >= 11 is 0. The van der Waals surface area contributed by atoms with E-state index in [4.69, 9.17) is 4.74 Å². The largest absolute Gasteiger partial charge is 0.448 e. The van der Waals surface area contributed by atoms with Gasteiger partial charge in [0.1, 0.15) is 0 Å². The highest BCUT2D eigenvalue weighted by atomic mass is 16.6. The highest BCUT2D eigenvalue weighted by Gasteiger charge is 2.67. The topological polar surface area (TPSA) is 95.9 Å². The van der Waals surface area contributed by atoms with E-state index < -0.39 is 29.7 Å². The Morgan fingerprint density at radius 3 is 2.56 bits per heavy atom. The molecule has 3 N–H and O–H groups in total. The zero-order chi connectivity index (χ0) is 24.6. The molecule has 8 atom stereocenters. The lowest BCUT2D eigenvalue weighted by molar-refractivity contribution is -0.185. The van der Waals surface area contributed by atoms with E-state index >= 15 is 0 Å². The van der Waals surface area contributed by atoms with Gasteiger partial charge in [0.25, 0.3) is 5.91 Å². The summed E-state index contributed by atoms with van der Waals surface area (Å²) in [5, 5.41) is 24.9. The number of ether oxygens (including phenoxy) is 1. The Bertz CT molecular complexity index is 1010. The monoisotopic (exact) mass is 465 g/mol. The molecule has 1 saturated carbocycles. The molecule has 1 spiro atoms. The minimum Gasteiger partial charge on any atom is -0.448 e. The van der Waals surface area contributed by atoms with Gasteiger partial charge in [-0.2, -0.15) is 0 Å². The lowest BCUT2D eigenvalue weighted by Gasteiger charge is -2.49. The fourth-order valence-electron chi connectivity index (χ4n) is 5.97. The average molecular weight is 466 g/mol. The lowest BCUT2D eigenvalue weighted by atomic mass is 9.59. The summed E-state index contributed by atoms with van der Waals surface area (Å²) in [6.45, 7) is 9.84. The number of allylic oxidation sites excluding steroid dienone is 1. The minimum atomic E-state index is -1.53. The second-order valence-electron chi connectivity index (χ2n) is 10.1. The molecule has 6 heteroatoms. The van der Waals surface area contributed by atoms with Gasteiger partial charge in [0.2, 0.25) is 5.60 Å². The molecule has 3 aliphatic rings. The average Bonchev–Trinajstić information content (AvgIpc) is 3.08. The zero-order valence-electron chi connectivity index (χ0n) is 20.1. The van der Waals surface area contributed by atoms with E-state index in [1.54, 1.807) is 19.1 Å². The van der Waals surface area contributed by atoms with E-state index in [9.17, 15) is 19.8 Å². The number of benzene rings is 1. The number of amides is 1. The number of esters is 1. The van der Waals surface area contributed by atoms with Gasteiger partial charge >= 0.3 is 5.97 Å². The number of nitrogens with one attached hydrogen (secondary N) is 1. The summed E-state index contributed by atoms with van der Waals surface area (Å²) < 4.78 is 6.09. The van der Waals surface area contributed by atoms with Crippen molar-refractivity contribution in [1.29, 1.82) is 0 Å². The van der Waals surface area contributed by atoms with Crippen LogP contribution in [0.4, 0.5) is 0 Å². The molecule has 34 heavy (non-hydrogen) atoms. The van der Waals surface area contributed by atoms with E-state index in [1.807, 2.05) is 50.3 Å². The van der Waals surface area contributed by atoms with Crippen molar-refractivity contribution in [3.05, 3.63) is 71.8 Å². The number of carbonyl (C=O) groups is 2. The van der Waals surface area contributed by atoms with E-state index in [-0.39, 0.29) is 36.1 Å². The van der Waals surface area contributed by atoms with Crippen LogP contribution >= 0.6 is 0 Å². The van der Waals surface area contributed by atoms with E-state index in [1.165, 1.54) is 0 Å². The van der Waals surface area contributed by atoms with Crippen molar-refractivity contribution in [2.24, 2.45) is 23.7 Å². The highest BCUT2D eigenvalue weighted by Crippen LogP contribution is 2.52. The molecule has 1 aliphatic carbocycles. The maximum absolute atomic E-state index is 13.7. The molecule has 6 nitrogen and oxygen atoms in total. The van der Waals surface area contributed by atoms with E-state index in [0.29, 0.717) is 24.0 Å².